The van der Waals surface area contributed by atoms with Crippen molar-refractivity contribution in [2.24, 2.45) is 0 Å². The highest BCUT2D eigenvalue weighted by Crippen LogP contribution is 2.35. The van der Waals surface area contributed by atoms with Crippen molar-refractivity contribution in [3.05, 3.63) is 22.3 Å². The Kier molecular flexibility index (Phi) is 3.77. The molecule has 0 unspecified atom stereocenters. The Balaban J connectivity index is 2.75. The fraction of sp³-hybridized carbons (Fsp3) is 0.600. The predicted octanol–water partition coefficient (Wildman–Crippen LogP) is 3.19. The molecule has 0 aromatic heterocycles. The van der Waals surface area contributed by atoms with Crippen LogP contribution in [0.1, 0.15) is 32.1 Å². The first-order valence-corrected chi connectivity index (χ1v) is 5.46. The van der Waals surface area contributed by atoms with Gasteiger partial charge >= 0.3 is 0 Å². The van der Waals surface area contributed by atoms with Crippen molar-refractivity contribution in [1.29, 1.82) is 0 Å². The van der Waals surface area contributed by atoms with E-state index in [1.54, 1.807) is 6.08 Å². The maximum absolute atomic E-state index is 10.2. The Morgan fingerprint density at radius 2 is 2.42 bits per heavy atom. The molecule has 0 bridgehead atoms. The summed E-state index contributed by atoms with van der Waals surface area (Å²) in [6.45, 7) is 3.67. The van der Waals surface area contributed by atoms with Gasteiger partial charge in [-0.25, -0.2) is 0 Å². The zero-order chi connectivity index (χ0) is 9.03. The van der Waals surface area contributed by atoms with Gasteiger partial charge in [-0.05, 0) is 54.7 Å². The summed E-state index contributed by atoms with van der Waals surface area (Å²) in [6.07, 6.45) is 8.95. The molecular formula is C10H15IO. The van der Waals surface area contributed by atoms with E-state index >= 15 is 0 Å². The number of hydrogen-bond acceptors (Lipinski definition) is 1. The molecule has 1 aliphatic carbocycles. The fourth-order valence-corrected chi connectivity index (χ4v) is 2.34. The molecule has 1 atom stereocenters. The maximum atomic E-state index is 10.2. The summed E-state index contributed by atoms with van der Waals surface area (Å²) in [5.74, 6) is 0. The molecule has 1 rings (SSSR count). The molecule has 1 nitrogen and oxygen atoms in total. The van der Waals surface area contributed by atoms with Gasteiger partial charge in [-0.1, -0.05) is 12.2 Å². The second-order valence-corrected chi connectivity index (χ2v) is 4.48. The average Bonchev–Trinajstić information content (AvgIpc) is 2.17. The molecular weight excluding hydrogens is 263 g/mol. The SMILES string of the molecule is C=CC[C@@]1(O)CCCCC=C1I. The Labute approximate surface area is 87.7 Å². The van der Waals surface area contributed by atoms with Crippen LogP contribution in [0.15, 0.2) is 22.3 Å². The van der Waals surface area contributed by atoms with E-state index in [0.29, 0.717) is 6.42 Å². The fourth-order valence-electron chi connectivity index (χ4n) is 1.54. The highest BCUT2D eigenvalue weighted by molar-refractivity contribution is 14.1. The van der Waals surface area contributed by atoms with Gasteiger partial charge in [-0.2, -0.15) is 0 Å². The summed E-state index contributed by atoms with van der Waals surface area (Å²) in [4.78, 5) is 0. The summed E-state index contributed by atoms with van der Waals surface area (Å²) in [5, 5.41) is 10.2. The van der Waals surface area contributed by atoms with E-state index in [9.17, 15) is 5.11 Å². The van der Waals surface area contributed by atoms with Crippen LogP contribution in [0.25, 0.3) is 0 Å². The lowest BCUT2D eigenvalue weighted by Crippen LogP contribution is -2.27. The first kappa shape index (κ1) is 10.3. The molecule has 12 heavy (non-hydrogen) atoms. The van der Waals surface area contributed by atoms with Gasteiger partial charge in [0, 0.05) is 3.58 Å². The summed E-state index contributed by atoms with van der Waals surface area (Å²) >= 11 is 2.25. The first-order chi connectivity index (χ1) is 5.69. The Morgan fingerprint density at radius 1 is 1.67 bits per heavy atom. The lowest BCUT2D eigenvalue weighted by atomic mass is 9.94. The third-order valence-corrected chi connectivity index (χ3v) is 3.74. The number of rotatable bonds is 2. The second kappa shape index (κ2) is 4.42. The van der Waals surface area contributed by atoms with Gasteiger partial charge in [0.15, 0.2) is 0 Å². The molecule has 0 spiro atoms. The minimum Gasteiger partial charge on any atom is -0.384 e. The zero-order valence-corrected chi connectivity index (χ0v) is 9.38. The lowest BCUT2D eigenvalue weighted by molar-refractivity contribution is 0.0820. The van der Waals surface area contributed by atoms with Crippen molar-refractivity contribution in [1.82, 2.24) is 0 Å². The van der Waals surface area contributed by atoms with Crippen molar-refractivity contribution < 1.29 is 5.11 Å². The number of hydrogen-bond donors (Lipinski definition) is 1. The topological polar surface area (TPSA) is 20.2 Å². The summed E-state index contributed by atoms with van der Waals surface area (Å²) in [7, 11) is 0. The van der Waals surface area contributed by atoms with Gasteiger partial charge in [0.2, 0.25) is 0 Å². The number of allylic oxidation sites excluding steroid dienone is 1. The van der Waals surface area contributed by atoms with E-state index < -0.39 is 5.60 Å². The average molecular weight is 278 g/mol. The second-order valence-electron chi connectivity index (χ2n) is 3.32. The van der Waals surface area contributed by atoms with Crippen molar-refractivity contribution in [3.8, 4) is 0 Å². The van der Waals surface area contributed by atoms with Crippen LogP contribution >= 0.6 is 22.6 Å². The Hall–Kier alpha value is 0.170. The van der Waals surface area contributed by atoms with E-state index in [1.165, 1.54) is 6.42 Å². The summed E-state index contributed by atoms with van der Waals surface area (Å²) in [5.41, 5.74) is -0.598. The minimum atomic E-state index is -0.598. The van der Waals surface area contributed by atoms with Crippen LogP contribution in [0, 0.1) is 0 Å². The lowest BCUT2D eigenvalue weighted by Gasteiger charge is -2.25. The van der Waals surface area contributed by atoms with E-state index in [1.807, 2.05) is 0 Å². The molecule has 0 amide bonds. The van der Waals surface area contributed by atoms with Crippen molar-refractivity contribution in [2.75, 3.05) is 0 Å². The Morgan fingerprint density at radius 3 is 3.08 bits per heavy atom. The Bertz CT molecular complexity index is 198. The maximum Gasteiger partial charge on any atom is 0.0983 e. The molecule has 0 aromatic rings. The third-order valence-electron chi connectivity index (χ3n) is 2.29. The zero-order valence-electron chi connectivity index (χ0n) is 7.22. The third kappa shape index (κ3) is 2.33. The van der Waals surface area contributed by atoms with Gasteiger partial charge in [-0.3, -0.25) is 0 Å². The van der Waals surface area contributed by atoms with E-state index in [0.717, 1.165) is 22.8 Å². The van der Waals surface area contributed by atoms with Gasteiger partial charge in [0.25, 0.3) is 0 Å². The smallest absolute Gasteiger partial charge is 0.0983 e. The molecule has 0 saturated heterocycles. The standard InChI is InChI=1S/C10H15IO/c1-2-7-10(12)8-5-3-4-6-9(10)11/h2,6,12H,1,3-5,7-8H2/t10-/m1/s1. The minimum absolute atomic E-state index is 0.598. The molecule has 0 radical (unpaired) electrons. The molecule has 1 N–H and O–H groups in total. The van der Waals surface area contributed by atoms with Gasteiger partial charge in [-0.15, -0.1) is 6.58 Å². The van der Waals surface area contributed by atoms with Crippen LogP contribution < -0.4 is 0 Å². The largest absolute Gasteiger partial charge is 0.384 e. The van der Waals surface area contributed by atoms with Gasteiger partial charge in [0.05, 0.1) is 5.60 Å². The van der Waals surface area contributed by atoms with Gasteiger partial charge in [0.1, 0.15) is 0 Å². The predicted molar refractivity (Wildman–Crippen MR) is 60.3 cm³/mol. The van der Waals surface area contributed by atoms with Crippen molar-refractivity contribution >= 4 is 22.6 Å². The monoisotopic (exact) mass is 278 g/mol. The highest BCUT2D eigenvalue weighted by Gasteiger charge is 2.29. The van der Waals surface area contributed by atoms with Gasteiger partial charge < -0.3 is 5.11 Å². The van der Waals surface area contributed by atoms with Crippen molar-refractivity contribution in [3.63, 3.8) is 0 Å². The quantitative estimate of drug-likeness (QED) is 0.607. The molecule has 2 heteroatoms. The normalized spacial score (nSPS) is 30.7. The highest BCUT2D eigenvalue weighted by atomic mass is 127. The van der Waals surface area contributed by atoms with Crippen LogP contribution in [-0.2, 0) is 0 Å². The van der Waals surface area contributed by atoms with E-state index in [2.05, 4.69) is 35.2 Å². The van der Waals surface area contributed by atoms with E-state index in [-0.39, 0.29) is 0 Å². The van der Waals surface area contributed by atoms with Crippen LogP contribution in [0.2, 0.25) is 0 Å². The van der Waals surface area contributed by atoms with Crippen LogP contribution in [0.5, 0.6) is 0 Å². The summed E-state index contributed by atoms with van der Waals surface area (Å²) in [6, 6.07) is 0. The molecule has 0 saturated carbocycles. The van der Waals surface area contributed by atoms with Crippen LogP contribution in [0.3, 0.4) is 0 Å². The number of halogens is 1. The molecule has 0 aliphatic heterocycles. The van der Waals surface area contributed by atoms with Crippen LogP contribution in [-0.4, -0.2) is 10.7 Å². The molecule has 0 aromatic carbocycles. The molecule has 0 heterocycles. The summed E-state index contributed by atoms with van der Waals surface area (Å²) < 4.78 is 1.09. The molecule has 1 aliphatic rings. The molecule has 0 fully saturated rings. The molecule has 68 valence electrons. The number of aliphatic hydroxyl groups is 1. The first-order valence-electron chi connectivity index (χ1n) is 4.38. The van der Waals surface area contributed by atoms with Crippen molar-refractivity contribution in [2.45, 2.75) is 37.7 Å². The van der Waals surface area contributed by atoms with Crippen LogP contribution in [0.4, 0.5) is 0 Å². The van der Waals surface area contributed by atoms with E-state index in [4.69, 9.17) is 0 Å².